The van der Waals surface area contributed by atoms with Gasteiger partial charge in [-0.25, -0.2) is 4.79 Å². The van der Waals surface area contributed by atoms with Crippen LogP contribution in [0.5, 0.6) is 0 Å². The van der Waals surface area contributed by atoms with Crippen molar-refractivity contribution in [3.8, 4) is 0 Å². The van der Waals surface area contributed by atoms with Crippen molar-refractivity contribution in [2.24, 2.45) is 41.4 Å². The monoisotopic (exact) mass is 1370 g/mol. The van der Waals surface area contributed by atoms with Gasteiger partial charge in [0.1, 0.15) is 66.5 Å². The van der Waals surface area contributed by atoms with E-state index in [1.807, 2.05) is 48.6 Å². The van der Waals surface area contributed by atoms with Crippen molar-refractivity contribution in [2.45, 2.75) is 241 Å². The van der Waals surface area contributed by atoms with Gasteiger partial charge in [0.05, 0.1) is 12.7 Å². The van der Waals surface area contributed by atoms with Gasteiger partial charge in [-0.05, 0) is 128 Å². The zero-order chi connectivity index (χ0) is 74.7. The van der Waals surface area contributed by atoms with Gasteiger partial charge in [-0.3, -0.25) is 52.7 Å². The molecule has 0 saturated carbocycles. The topological polar surface area (TPSA) is 312 Å². The maximum absolute atomic E-state index is 15.3. The van der Waals surface area contributed by atoms with Crippen LogP contribution in [0.4, 0.5) is 4.79 Å². The molecule has 0 aromatic rings. The third kappa shape index (κ3) is 23.4. The summed E-state index contributed by atoms with van der Waals surface area (Å²) < 4.78 is 5.87. The predicted octanol–water partition coefficient (Wildman–Crippen LogP) is 3.41. The summed E-state index contributed by atoms with van der Waals surface area (Å²) in [5.74, 6) is -11.5. The molecule has 14 atom stereocenters. The highest BCUT2D eigenvalue weighted by atomic mass is 16.6. The van der Waals surface area contributed by atoms with Crippen molar-refractivity contribution >= 4 is 71.1 Å². The number of likely N-dealkylation sites (tertiary alicyclic amines) is 1. The van der Waals surface area contributed by atoms with Crippen LogP contribution in [0.3, 0.4) is 0 Å². The highest BCUT2D eigenvalue weighted by molar-refractivity contribution is 6.00. The molecule has 0 spiro atoms. The molecule has 0 unspecified atom stereocenters. The van der Waals surface area contributed by atoms with E-state index in [-0.39, 0.29) is 62.5 Å². The van der Waals surface area contributed by atoms with E-state index in [0.29, 0.717) is 12.8 Å². The SMILES string of the molecule is C/C=C/C[C@@H](C)[C@@H](O)[C@H]1C(=O)N[C@@H](CC)C(=O)N(C)[C@H](C)C(=O)N(C)[C@@H]([C@H](C)COC(=O)N(C)C2CCN(C)CC2)C(=O)N[C@@H](C(C)C)C(=O)N(C)[C@@H](CC(C)C)C(=O)N[C@@H](C)C(=O)N[C@H](C)C(=O)N(C)[C@@H](CC(C)C)C(=O)N(C)[C@@H](CC(C)C)C(=O)N(C)[C@@H](C(C)C)C(=O)N1C. The van der Waals surface area contributed by atoms with Crippen molar-refractivity contribution in [3.63, 3.8) is 0 Å². The number of ether oxygens (including phenoxy) is 1. The van der Waals surface area contributed by atoms with Gasteiger partial charge >= 0.3 is 6.09 Å². The van der Waals surface area contributed by atoms with Crippen molar-refractivity contribution in [1.29, 1.82) is 0 Å². The van der Waals surface area contributed by atoms with E-state index in [9.17, 15) is 33.9 Å². The smallest absolute Gasteiger partial charge is 0.409 e. The van der Waals surface area contributed by atoms with Gasteiger partial charge in [-0.1, -0.05) is 102 Å². The fourth-order valence-corrected chi connectivity index (χ4v) is 12.7. The summed E-state index contributed by atoms with van der Waals surface area (Å²) in [5, 5.41) is 23.2. The minimum Gasteiger partial charge on any atom is -0.449 e. The van der Waals surface area contributed by atoms with Crippen LogP contribution in [0.25, 0.3) is 0 Å². The lowest BCUT2D eigenvalue weighted by Gasteiger charge is -2.41. The van der Waals surface area contributed by atoms with E-state index in [0.717, 1.165) is 27.8 Å². The average Bonchev–Trinajstić information content (AvgIpc) is 0.807. The second-order valence-electron chi connectivity index (χ2n) is 29.5. The number of rotatable bonds is 17. The van der Waals surface area contributed by atoms with Crippen LogP contribution >= 0.6 is 0 Å². The molecule has 2 saturated heterocycles. The summed E-state index contributed by atoms with van der Waals surface area (Å²) in [5.41, 5.74) is 0. The van der Waals surface area contributed by atoms with Gasteiger partial charge in [-0.15, -0.1) is 0 Å². The van der Waals surface area contributed by atoms with E-state index in [1.165, 1.54) is 94.6 Å². The zero-order valence-corrected chi connectivity index (χ0v) is 63.6. The van der Waals surface area contributed by atoms with Gasteiger partial charge in [0.2, 0.25) is 65.0 Å². The summed E-state index contributed by atoms with van der Waals surface area (Å²) in [7, 11) is 13.4. The second-order valence-corrected chi connectivity index (χ2v) is 29.5. The minimum atomic E-state index is -1.66. The molecule has 0 bridgehead atoms. The number of nitrogens with one attached hydrogen (secondary N) is 4. The van der Waals surface area contributed by atoms with Crippen LogP contribution < -0.4 is 21.3 Å². The number of hydrogen-bond acceptors (Lipinski definition) is 15. The lowest BCUT2D eigenvalue weighted by atomic mass is 9.91. The Morgan fingerprint density at radius 2 is 0.979 bits per heavy atom. The van der Waals surface area contributed by atoms with Gasteiger partial charge in [-0.2, -0.15) is 0 Å². The summed E-state index contributed by atoms with van der Waals surface area (Å²) in [6, 6.07) is -14.7. The van der Waals surface area contributed by atoms with E-state index >= 15 is 28.8 Å². The summed E-state index contributed by atoms with van der Waals surface area (Å²) in [4.78, 5) is 189. The number of likely N-dealkylation sites (N-methyl/N-ethyl adjacent to an activating group) is 7. The molecule has 0 aromatic heterocycles. The van der Waals surface area contributed by atoms with Crippen LogP contribution in [0.1, 0.15) is 163 Å². The van der Waals surface area contributed by atoms with E-state index in [4.69, 9.17) is 4.74 Å². The Kier molecular flexibility index (Phi) is 34.7. The van der Waals surface area contributed by atoms with Crippen LogP contribution in [-0.2, 0) is 57.5 Å². The number of aliphatic hydroxyl groups is 1. The normalized spacial score (nSPS) is 27.4. The molecule has 0 aliphatic carbocycles. The summed E-state index contributed by atoms with van der Waals surface area (Å²) in [6.45, 7) is 30.1. The minimum absolute atomic E-state index is 0.0389. The Hall–Kier alpha value is -6.90. The van der Waals surface area contributed by atoms with Gasteiger partial charge in [0, 0.05) is 68.3 Å². The molecule has 0 aromatic carbocycles. The summed E-state index contributed by atoms with van der Waals surface area (Å²) in [6.07, 6.45) is 3.39. The number of allylic oxidation sites excluding steroid dienone is 2. The van der Waals surface area contributed by atoms with Crippen LogP contribution in [0.15, 0.2) is 12.2 Å². The molecule has 0 radical (unpaired) electrons. The molecule has 554 valence electrons. The maximum atomic E-state index is 15.3. The molecular formula is C70H125N13O14. The number of hydrogen-bond donors (Lipinski definition) is 5. The zero-order valence-electron chi connectivity index (χ0n) is 63.6. The first-order valence-electron chi connectivity index (χ1n) is 34.9. The molecule has 5 N–H and O–H groups in total. The molecule has 27 nitrogen and oxygen atoms in total. The Labute approximate surface area is 579 Å². The van der Waals surface area contributed by atoms with Crippen molar-refractivity contribution < 1.29 is 67.4 Å². The van der Waals surface area contributed by atoms with Crippen LogP contribution in [0.2, 0.25) is 0 Å². The molecular weight excluding hydrogens is 1250 g/mol. The second kappa shape index (κ2) is 39.0. The fourth-order valence-electron chi connectivity index (χ4n) is 12.7. The van der Waals surface area contributed by atoms with Gasteiger partial charge in [0.15, 0.2) is 0 Å². The van der Waals surface area contributed by atoms with E-state index < -0.39 is 167 Å². The van der Waals surface area contributed by atoms with Crippen molar-refractivity contribution in [2.75, 3.05) is 83.1 Å². The largest absolute Gasteiger partial charge is 0.449 e. The number of carbonyl (C=O) groups is 12. The fraction of sp³-hybridized carbons (Fsp3) is 0.800. The standard InChI is InChI=1S/C70H125N13O14/c1-27-29-30-44(13)58(84)57-62(88)73-50(28-2)65(91)76(19)48(17)64(90)82(25)56(45(14)38-97-70(96)77(20)49-31-33-75(18)34-32-49)61(87)74-54(42(9)10)68(94)78(21)51(35-39(3)4)60(86)71-46(15)59(85)72-47(16)63(89)79(22)52(36-40(5)6)66(92)80(23)53(37-41(7)8)67(93)81(24)55(43(11)12)69(95)83(57)26/h27,29,39-58,84H,28,30-38H2,1-26H3,(H,71,86)(H,72,85)(H,73,88)(H,74,87)/b29-27+/t44-,45-,46+,47-,48-,50+,51+,52+,53+,54+,55+,56+,57+,58-/m1/s1. The highest BCUT2D eigenvalue weighted by Crippen LogP contribution is 2.27. The third-order valence-corrected chi connectivity index (χ3v) is 19.3. The van der Waals surface area contributed by atoms with E-state index in [2.05, 4.69) is 26.2 Å². The first-order valence-corrected chi connectivity index (χ1v) is 34.9. The summed E-state index contributed by atoms with van der Waals surface area (Å²) >= 11 is 0. The molecule has 97 heavy (non-hydrogen) atoms. The molecule has 2 aliphatic rings. The Morgan fingerprint density at radius 3 is 1.46 bits per heavy atom. The van der Waals surface area contributed by atoms with Gasteiger partial charge < -0.3 is 75.2 Å². The maximum Gasteiger partial charge on any atom is 0.409 e. The number of piperidine rings is 1. The number of amides is 12. The molecule has 27 heteroatoms. The first kappa shape index (κ1) is 86.2. The Morgan fingerprint density at radius 1 is 0.526 bits per heavy atom. The van der Waals surface area contributed by atoms with Crippen LogP contribution in [0, 0.1) is 41.4 Å². The quantitative estimate of drug-likeness (QED) is 0.130. The predicted molar refractivity (Wildman–Crippen MR) is 372 cm³/mol. The van der Waals surface area contributed by atoms with E-state index in [1.54, 1.807) is 74.6 Å². The number of aliphatic hydroxyl groups excluding tert-OH is 1. The molecule has 12 amide bonds. The molecule has 2 aliphatic heterocycles. The molecule has 2 heterocycles. The van der Waals surface area contributed by atoms with Gasteiger partial charge in [0.25, 0.3) is 0 Å². The first-order chi connectivity index (χ1) is 44.9. The lowest BCUT2D eigenvalue weighted by Crippen LogP contribution is -2.64. The average molecular weight is 1370 g/mol. The Bertz CT molecular complexity index is 2720. The molecule has 2 fully saturated rings. The highest BCUT2D eigenvalue weighted by Gasteiger charge is 2.47. The Balaban J connectivity index is 3.05. The number of nitrogens with zero attached hydrogens (tertiary/aromatic N) is 9. The lowest BCUT2D eigenvalue weighted by molar-refractivity contribution is -0.157. The van der Waals surface area contributed by atoms with Crippen molar-refractivity contribution in [1.82, 2.24) is 65.4 Å². The van der Waals surface area contributed by atoms with Crippen LogP contribution in [-0.4, -0.2) is 282 Å². The molecule has 2 rings (SSSR count). The number of carbonyl (C=O) groups excluding carboxylic acids is 12. The third-order valence-electron chi connectivity index (χ3n) is 19.3. The van der Waals surface area contributed by atoms with Crippen molar-refractivity contribution in [3.05, 3.63) is 12.2 Å².